The van der Waals surface area contributed by atoms with Gasteiger partial charge in [0.25, 0.3) is 0 Å². The van der Waals surface area contributed by atoms with Gasteiger partial charge in [0.15, 0.2) is 0 Å². The summed E-state index contributed by atoms with van der Waals surface area (Å²) in [6.45, 7) is 5.71. The van der Waals surface area contributed by atoms with E-state index >= 15 is 0 Å². The largest absolute Gasteiger partial charge is 0.447 e. The first-order chi connectivity index (χ1) is 8.02. The molecular weight excluding hydrogens is 216 g/mol. The number of amides is 1. The highest BCUT2D eigenvalue weighted by atomic mass is 16.6. The average molecular weight is 236 g/mol. The number of anilines is 1. The van der Waals surface area contributed by atoms with Crippen LogP contribution in [0.3, 0.4) is 0 Å². The first-order valence-electron chi connectivity index (χ1n) is 5.77. The van der Waals surface area contributed by atoms with Gasteiger partial charge in [0.2, 0.25) is 0 Å². The van der Waals surface area contributed by atoms with E-state index < -0.39 is 6.09 Å². The molecule has 0 spiro atoms. The zero-order chi connectivity index (χ0) is 12.8. The zero-order valence-corrected chi connectivity index (χ0v) is 10.8. The summed E-state index contributed by atoms with van der Waals surface area (Å²) in [6, 6.07) is 7.99. The molecule has 0 aromatic heterocycles. The molecule has 1 amide bonds. The molecule has 2 N–H and O–H groups in total. The first kappa shape index (κ1) is 13.5. The number of carbonyl (C=O) groups is 1. The maximum Gasteiger partial charge on any atom is 0.411 e. The second kappa shape index (κ2) is 6.25. The molecule has 1 atom stereocenters. The molecule has 1 aromatic rings. The van der Waals surface area contributed by atoms with Crippen LogP contribution in [0.4, 0.5) is 10.5 Å². The molecule has 1 unspecified atom stereocenters. The van der Waals surface area contributed by atoms with Crippen LogP contribution in [0, 0.1) is 0 Å². The average Bonchev–Trinajstić information content (AvgIpc) is 2.28. The van der Waals surface area contributed by atoms with Crippen molar-refractivity contribution in [1.29, 1.82) is 0 Å². The third kappa shape index (κ3) is 4.44. The van der Waals surface area contributed by atoms with Crippen molar-refractivity contribution < 1.29 is 9.53 Å². The van der Waals surface area contributed by atoms with Gasteiger partial charge in [0, 0.05) is 11.7 Å². The van der Waals surface area contributed by atoms with Crippen molar-refractivity contribution in [2.24, 2.45) is 0 Å². The molecule has 0 aliphatic rings. The van der Waals surface area contributed by atoms with Crippen LogP contribution in [-0.4, -0.2) is 19.2 Å². The predicted molar refractivity (Wildman–Crippen MR) is 69.2 cm³/mol. The molecule has 0 fully saturated rings. The van der Waals surface area contributed by atoms with Crippen LogP contribution >= 0.6 is 0 Å². The summed E-state index contributed by atoms with van der Waals surface area (Å²) in [7, 11) is 1.91. The Balaban J connectivity index is 2.59. The van der Waals surface area contributed by atoms with Crippen molar-refractivity contribution in [3.8, 4) is 0 Å². The SMILES string of the molecule is CNC(C)c1ccc(NC(=O)OC(C)C)cc1. The summed E-state index contributed by atoms with van der Waals surface area (Å²) >= 11 is 0. The van der Waals surface area contributed by atoms with Crippen molar-refractivity contribution in [1.82, 2.24) is 5.32 Å². The number of rotatable bonds is 4. The quantitative estimate of drug-likeness (QED) is 0.845. The number of carbonyl (C=O) groups excluding carboxylic acids is 1. The number of benzene rings is 1. The fraction of sp³-hybridized carbons (Fsp3) is 0.462. The zero-order valence-electron chi connectivity index (χ0n) is 10.8. The maximum atomic E-state index is 11.4. The lowest BCUT2D eigenvalue weighted by Gasteiger charge is -2.12. The molecule has 4 nitrogen and oxygen atoms in total. The first-order valence-corrected chi connectivity index (χ1v) is 5.77. The highest BCUT2D eigenvalue weighted by Crippen LogP contribution is 2.15. The number of nitrogens with one attached hydrogen (secondary N) is 2. The number of hydrogen-bond donors (Lipinski definition) is 2. The number of hydrogen-bond acceptors (Lipinski definition) is 3. The van der Waals surface area contributed by atoms with Gasteiger partial charge in [-0.05, 0) is 45.5 Å². The van der Waals surface area contributed by atoms with Crippen LogP contribution in [0.15, 0.2) is 24.3 Å². The molecule has 0 saturated carbocycles. The van der Waals surface area contributed by atoms with Crippen molar-refractivity contribution in [2.45, 2.75) is 32.9 Å². The molecule has 94 valence electrons. The van der Waals surface area contributed by atoms with E-state index in [2.05, 4.69) is 17.6 Å². The van der Waals surface area contributed by atoms with E-state index in [0.717, 1.165) is 5.69 Å². The van der Waals surface area contributed by atoms with Crippen LogP contribution in [0.2, 0.25) is 0 Å². The summed E-state index contributed by atoms with van der Waals surface area (Å²) < 4.78 is 4.99. The molecule has 1 aromatic carbocycles. The van der Waals surface area contributed by atoms with E-state index in [4.69, 9.17) is 4.74 Å². The molecule has 0 aliphatic carbocycles. The van der Waals surface area contributed by atoms with E-state index in [1.54, 1.807) is 0 Å². The van der Waals surface area contributed by atoms with Crippen LogP contribution in [0.1, 0.15) is 32.4 Å². The van der Waals surface area contributed by atoms with Crippen molar-refractivity contribution in [2.75, 3.05) is 12.4 Å². The fourth-order valence-electron chi connectivity index (χ4n) is 1.38. The Labute approximate surface area is 102 Å². The second-order valence-corrected chi connectivity index (χ2v) is 4.21. The third-order valence-corrected chi connectivity index (χ3v) is 2.43. The molecule has 0 bridgehead atoms. The lowest BCUT2D eigenvalue weighted by Crippen LogP contribution is -2.18. The minimum Gasteiger partial charge on any atom is -0.447 e. The summed E-state index contributed by atoms with van der Waals surface area (Å²) in [5.41, 5.74) is 1.91. The van der Waals surface area contributed by atoms with E-state index in [9.17, 15) is 4.79 Å². The van der Waals surface area contributed by atoms with Gasteiger partial charge in [-0.1, -0.05) is 12.1 Å². The van der Waals surface area contributed by atoms with Crippen LogP contribution in [0.5, 0.6) is 0 Å². The van der Waals surface area contributed by atoms with Crippen molar-refractivity contribution >= 4 is 11.8 Å². The lowest BCUT2D eigenvalue weighted by molar-refractivity contribution is 0.130. The molecule has 1 rings (SSSR count). The Kier molecular flexibility index (Phi) is 4.97. The highest BCUT2D eigenvalue weighted by molar-refractivity contribution is 5.84. The molecule has 0 heterocycles. The molecule has 0 saturated heterocycles. The van der Waals surface area contributed by atoms with E-state index in [1.807, 2.05) is 45.2 Å². The van der Waals surface area contributed by atoms with Crippen LogP contribution in [0.25, 0.3) is 0 Å². The number of ether oxygens (including phenoxy) is 1. The van der Waals surface area contributed by atoms with Gasteiger partial charge < -0.3 is 10.1 Å². The molecule has 0 radical (unpaired) electrons. The minimum absolute atomic E-state index is 0.112. The lowest BCUT2D eigenvalue weighted by atomic mass is 10.1. The van der Waals surface area contributed by atoms with Gasteiger partial charge in [-0.3, -0.25) is 5.32 Å². The van der Waals surface area contributed by atoms with Gasteiger partial charge in [-0.15, -0.1) is 0 Å². The van der Waals surface area contributed by atoms with Crippen LogP contribution < -0.4 is 10.6 Å². The monoisotopic (exact) mass is 236 g/mol. The van der Waals surface area contributed by atoms with Crippen LogP contribution in [-0.2, 0) is 4.74 Å². The Morgan fingerprint density at radius 1 is 1.18 bits per heavy atom. The topological polar surface area (TPSA) is 50.4 Å². The van der Waals surface area contributed by atoms with Gasteiger partial charge in [0.05, 0.1) is 6.10 Å². The van der Waals surface area contributed by atoms with Gasteiger partial charge in [-0.25, -0.2) is 4.79 Å². The summed E-state index contributed by atoms with van der Waals surface area (Å²) in [5.74, 6) is 0. The van der Waals surface area contributed by atoms with Gasteiger partial charge >= 0.3 is 6.09 Å². The summed E-state index contributed by atoms with van der Waals surface area (Å²) in [4.78, 5) is 11.4. The smallest absolute Gasteiger partial charge is 0.411 e. The third-order valence-electron chi connectivity index (χ3n) is 2.43. The van der Waals surface area contributed by atoms with E-state index in [0.29, 0.717) is 6.04 Å². The Hall–Kier alpha value is -1.55. The van der Waals surface area contributed by atoms with Gasteiger partial charge in [0.1, 0.15) is 0 Å². The predicted octanol–water partition coefficient (Wildman–Crippen LogP) is 2.92. The second-order valence-electron chi connectivity index (χ2n) is 4.21. The standard InChI is InChI=1S/C13H20N2O2/c1-9(2)17-13(16)15-12-7-5-11(6-8-12)10(3)14-4/h5-10,14H,1-4H3,(H,15,16). The molecular formula is C13H20N2O2. The van der Waals surface area contributed by atoms with E-state index in [1.165, 1.54) is 5.56 Å². The molecule has 4 heteroatoms. The summed E-state index contributed by atoms with van der Waals surface area (Å²) in [6.07, 6.45) is -0.534. The fourth-order valence-corrected chi connectivity index (χ4v) is 1.38. The Morgan fingerprint density at radius 3 is 2.24 bits per heavy atom. The van der Waals surface area contributed by atoms with Crippen molar-refractivity contribution in [3.63, 3.8) is 0 Å². The minimum atomic E-state index is -0.422. The Morgan fingerprint density at radius 2 is 1.76 bits per heavy atom. The van der Waals surface area contributed by atoms with Crippen molar-refractivity contribution in [3.05, 3.63) is 29.8 Å². The van der Waals surface area contributed by atoms with E-state index in [-0.39, 0.29) is 6.10 Å². The van der Waals surface area contributed by atoms with Gasteiger partial charge in [-0.2, -0.15) is 0 Å². The molecule has 0 aliphatic heterocycles. The maximum absolute atomic E-state index is 11.4. The molecule has 17 heavy (non-hydrogen) atoms. The normalized spacial score (nSPS) is 12.3. The highest BCUT2D eigenvalue weighted by Gasteiger charge is 2.06. The summed E-state index contributed by atoms with van der Waals surface area (Å²) in [5, 5.41) is 5.83. The Bertz CT molecular complexity index is 360.